The lowest BCUT2D eigenvalue weighted by molar-refractivity contribution is -0.137. The van der Waals surface area contributed by atoms with Gasteiger partial charge in [0.1, 0.15) is 17.9 Å². The monoisotopic (exact) mass is 462 g/mol. The fourth-order valence-corrected chi connectivity index (χ4v) is 4.07. The highest BCUT2D eigenvalue weighted by Gasteiger charge is 2.16. The normalized spacial score (nSPS) is 11.7. The number of unbranched alkanes of at least 4 members (excludes halogenated alkanes) is 3. The first kappa shape index (κ1) is 25.1. The molecule has 3 aromatic rings. The summed E-state index contributed by atoms with van der Waals surface area (Å²) in [6.07, 6.45) is 11.0. The van der Waals surface area contributed by atoms with E-state index in [0.29, 0.717) is 0 Å². The number of nitrogens with zero attached hydrogens (tertiary/aromatic N) is 4. The molecule has 0 saturated carbocycles. The maximum Gasteiger partial charge on any atom is 0.303 e. The predicted octanol–water partition coefficient (Wildman–Crippen LogP) is 5.27. The van der Waals surface area contributed by atoms with Crippen LogP contribution in [-0.4, -0.2) is 40.2 Å². The number of aryl methyl sites for hydroxylation is 1. The number of methoxy groups -OCH3 is 1. The molecule has 7 nitrogen and oxygen atoms in total. The van der Waals surface area contributed by atoms with Crippen molar-refractivity contribution in [2.24, 2.45) is 0 Å². The number of carbonyl (C=O) groups is 1. The fraction of sp³-hybridized carbons (Fsp3) is 0.407. The second-order valence-electron chi connectivity index (χ2n) is 8.61. The molecule has 0 aliphatic carbocycles. The van der Waals surface area contributed by atoms with Crippen LogP contribution in [0, 0.1) is 0 Å². The lowest BCUT2D eigenvalue weighted by Crippen LogP contribution is -2.18. The first-order valence-electron chi connectivity index (χ1n) is 11.8. The maximum absolute atomic E-state index is 11.2. The zero-order valence-electron chi connectivity index (χ0n) is 20.1. The van der Waals surface area contributed by atoms with Crippen LogP contribution >= 0.6 is 0 Å². The van der Waals surface area contributed by atoms with Crippen LogP contribution in [0.5, 0.6) is 5.75 Å². The summed E-state index contributed by atoms with van der Waals surface area (Å²) in [5.74, 6) is 1.02. The highest BCUT2D eigenvalue weighted by Crippen LogP contribution is 2.25. The Morgan fingerprint density at radius 2 is 1.76 bits per heavy atom. The molecule has 0 amide bonds. The Bertz CT molecular complexity index is 1010. The largest absolute Gasteiger partial charge is 0.497 e. The molecule has 1 atom stereocenters. The van der Waals surface area contributed by atoms with Gasteiger partial charge in [0.25, 0.3) is 0 Å². The van der Waals surface area contributed by atoms with E-state index in [1.807, 2.05) is 18.2 Å². The van der Waals surface area contributed by atoms with Crippen LogP contribution in [0.4, 0.5) is 5.82 Å². The van der Waals surface area contributed by atoms with Crippen molar-refractivity contribution in [1.29, 1.82) is 0 Å². The Morgan fingerprint density at radius 3 is 2.47 bits per heavy atom. The van der Waals surface area contributed by atoms with Crippen molar-refractivity contribution in [2.45, 2.75) is 57.4 Å². The summed E-state index contributed by atoms with van der Waals surface area (Å²) in [4.78, 5) is 26.3. The van der Waals surface area contributed by atoms with E-state index in [-0.39, 0.29) is 12.3 Å². The van der Waals surface area contributed by atoms with Crippen molar-refractivity contribution in [3.8, 4) is 5.75 Å². The van der Waals surface area contributed by atoms with Crippen molar-refractivity contribution in [3.05, 3.63) is 78.0 Å². The molecule has 34 heavy (non-hydrogen) atoms. The molecule has 2 heterocycles. The van der Waals surface area contributed by atoms with Gasteiger partial charge in [-0.25, -0.2) is 15.0 Å². The minimum atomic E-state index is -0.781. The molecule has 0 bridgehead atoms. The molecule has 0 fully saturated rings. The fourth-order valence-electron chi connectivity index (χ4n) is 4.07. The lowest BCUT2D eigenvalue weighted by Gasteiger charge is -2.19. The van der Waals surface area contributed by atoms with Crippen molar-refractivity contribution in [1.82, 2.24) is 15.0 Å². The van der Waals surface area contributed by atoms with Crippen LogP contribution in [-0.2, 0) is 17.8 Å². The third kappa shape index (κ3) is 8.14. The van der Waals surface area contributed by atoms with Gasteiger partial charge in [0.2, 0.25) is 0 Å². The molecular weight excluding hydrogens is 428 g/mol. The average molecular weight is 463 g/mol. The number of anilines is 1. The van der Waals surface area contributed by atoms with Gasteiger partial charge in [-0.1, -0.05) is 37.5 Å². The zero-order chi connectivity index (χ0) is 24.2. The van der Waals surface area contributed by atoms with Crippen LogP contribution in [0.15, 0.2) is 61.2 Å². The third-order valence-electron chi connectivity index (χ3n) is 5.97. The van der Waals surface area contributed by atoms with E-state index < -0.39 is 5.97 Å². The molecule has 1 aromatic carbocycles. The second-order valence-corrected chi connectivity index (χ2v) is 8.61. The number of aliphatic carboxylic acids is 1. The van der Waals surface area contributed by atoms with E-state index >= 15 is 0 Å². The number of hydrogen-bond acceptors (Lipinski definition) is 6. The highest BCUT2D eigenvalue weighted by atomic mass is 16.5. The highest BCUT2D eigenvalue weighted by molar-refractivity contribution is 5.68. The summed E-state index contributed by atoms with van der Waals surface area (Å²) in [6, 6.07) is 14.3. The third-order valence-corrected chi connectivity index (χ3v) is 5.97. The van der Waals surface area contributed by atoms with Crippen LogP contribution in [0.25, 0.3) is 0 Å². The van der Waals surface area contributed by atoms with Crippen molar-refractivity contribution in [3.63, 3.8) is 0 Å². The molecule has 0 radical (unpaired) electrons. The topological polar surface area (TPSA) is 88.4 Å². The van der Waals surface area contributed by atoms with E-state index in [4.69, 9.17) is 9.72 Å². The number of ether oxygens (including phenoxy) is 1. The maximum atomic E-state index is 11.2. The van der Waals surface area contributed by atoms with E-state index in [0.717, 1.165) is 67.9 Å². The van der Waals surface area contributed by atoms with E-state index in [1.165, 1.54) is 11.9 Å². The Balaban J connectivity index is 1.41. The minimum Gasteiger partial charge on any atom is -0.497 e. The summed E-state index contributed by atoms with van der Waals surface area (Å²) in [5, 5.41) is 9.22. The summed E-state index contributed by atoms with van der Waals surface area (Å²) < 4.78 is 5.23. The lowest BCUT2D eigenvalue weighted by atomic mass is 9.92. The number of aromatic nitrogens is 3. The molecule has 0 aliphatic heterocycles. The van der Waals surface area contributed by atoms with Crippen molar-refractivity contribution >= 4 is 11.8 Å². The van der Waals surface area contributed by atoms with Gasteiger partial charge in [-0.2, -0.15) is 0 Å². The number of benzene rings is 1. The van der Waals surface area contributed by atoms with Gasteiger partial charge in [0, 0.05) is 31.7 Å². The molecule has 0 spiro atoms. The van der Waals surface area contributed by atoms with Crippen LogP contribution in [0.3, 0.4) is 0 Å². The van der Waals surface area contributed by atoms with Gasteiger partial charge < -0.3 is 14.7 Å². The molecule has 0 saturated heterocycles. The summed E-state index contributed by atoms with van der Waals surface area (Å²) >= 11 is 0. The standard InChI is InChI=1S/C27H34N4O3/c1-31(19-21-12-14-25(34-2)15-13-21)26-11-7-10-24(30-26)9-6-4-3-5-8-22(16-27(32)33)23-17-28-20-29-18-23/h7,10-15,17-18,20,22H,3-6,8-9,16,19H2,1-2H3,(H,32,33). The quantitative estimate of drug-likeness (QED) is 0.327. The van der Waals surface area contributed by atoms with Crippen LogP contribution in [0.1, 0.15) is 61.3 Å². The van der Waals surface area contributed by atoms with Gasteiger partial charge in [-0.3, -0.25) is 4.79 Å². The summed E-state index contributed by atoms with van der Waals surface area (Å²) in [7, 11) is 3.73. The first-order chi connectivity index (χ1) is 16.5. The van der Waals surface area contributed by atoms with Gasteiger partial charge in [0.15, 0.2) is 0 Å². The molecule has 180 valence electrons. The number of pyridine rings is 1. The van der Waals surface area contributed by atoms with Crippen molar-refractivity contribution in [2.75, 3.05) is 19.1 Å². The van der Waals surface area contributed by atoms with Gasteiger partial charge in [-0.15, -0.1) is 0 Å². The Kier molecular flexibility index (Phi) is 9.82. The van der Waals surface area contributed by atoms with Crippen LogP contribution in [0.2, 0.25) is 0 Å². The smallest absolute Gasteiger partial charge is 0.303 e. The van der Waals surface area contributed by atoms with E-state index in [1.54, 1.807) is 19.5 Å². The number of hydrogen-bond donors (Lipinski definition) is 1. The van der Waals surface area contributed by atoms with E-state index in [2.05, 4.69) is 46.2 Å². The Morgan fingerprint density at radius 1 is 1.03 bits per heavy atom. The molecule has 0 aliphatic rings. The van der Waals surface area contributed by atoms with Gasteiger partial charge in [-0.05, 0) is 60.6 Å². The molecule has 2 aromatic heterocycles. The zero-order valence-corrected chi connectivity index (χ0v) is 20.1. The van der Waals surface area contributed by atoms with Gasteiger partial charge in [0.05, 0.1) is 13.5 Å². The second kappa shape index (κ2) is 13.3. The van der Waals surface area contributed by atoms with Gasteiger partial charge >= 0.3 is 5.97 Å². The Hall–Kier alpha value is -3.48. The molecule has 3 rings (SSSR count). The summed E-state index contributed by atoms with van der Waals surface area (Å²) in [5.41, 5.74) is 3.22. The molecule has 1 N–H and O–H groups in total. The SMILES string of the molecule is COc1ccc(CN(C)c2cccc(CCCCCCC(CC(=O)O)c3cncnc3)n2)cc1. The predicted molar refractivity (Wildman–Crippen MR) is 133 cm³/mol. The molecular formula is C27H34N4O3. The number of rotatable bonds is 14. The minimum absolute atomic E-state index is 0.0294. The Labute approximate surface area is 201 Å². The summed E-state index contributed by atoms with van der Waals surface area (Å²) in [6.45, 7) is 0.782. The number of carboxylic acid groups (broad SMARTS) is 1. The average Bonchev–Trinajstić information content (AvgIpc) is 2.86. The number of carboxylic acids is 1. The molecule has 7 heteroatoms. The van der Waals surface area contributed by atoms with Crippen molar-refractivity contribution < 1.29 is 14.6 Å². The molecule has 1 unspecified atom stereocenters. The van der Waals surface area contributed by atoms with E-state index in [9.17, 15) is 9.90 Å². The van der Waals surface area contributed by atoms with Crippen LogP contribution < -0.4 is 9.64 Å². The first-order valence-corrected chi connectivity index (χ1v) is 11.8.